The van der Waals surface area contributed by atoms with Crippen LogP contribution in [0.15, 0.2) is 24.3 Å². The second kappa shape index (κ2) is 5.29. The molecule has 100 valence electrons. The zero-order valence-corrected chi connectivity index (χ0v) is 11.6. The smallest absolute Gasteiger partial charge is 0.0801 e. The van der Waals surface area contributed by atoms with Gasteiger partial charge in [-0.25, -0.2) is 0 Å². The summed E-state index contributed by atoms with van der Waals surface area (Å²) in [6.45, 7) is 9.03. The van der Waals surface area contributed by atoms with Gasteiger partial charge in [0, 0.05) is 24.8 Å². The Balaban J connectivity index is 2.21. The summed E-state index contributed by atoms with van der Waals surface area (Å²) >= 11 is 0. The molecule has 0 aliphatic carbocycles. The first-order valence-electron chi connectivity index (χ1n) is 6.70. The van der Waals surface area contributed by atoms with Crippen LogP contribution in [0.2, 0.25) is 0 Å². The number of nitrogens with two attached hydrogens (primary N) is 1. The molecular formula is C15H24N2O. The van der Waals surface area contributed by atoms with Gasteiger partial charge in [-0.2, -0.15) is 0 Å². The zero-order chi connectivity index (χ0) is 13.2. The number of morpholine rings is 1. The van der Waals surface area contributed by atoms with Crippen LogP contribution in [0.5, 0.6) is 0 Å². The molecule has 2 N–H and O–H groups in total. The van der Waals surface area contributed by atoms with Crippen molar-refractivity contribution in [2.45, 2.75) is 38.8 Å². The quantitative estimate of drug-likeness (QED) is 0.891. The van der Waals surface area contributed by atoms with Gasteiger partial charge in [-0.1, -0.05) is 18.2 Å². The van der Waals surface area contributed by atoms with Gasteiger partial charge in [-0.3, -0.25) is 0 Å². The Kier molecular flexibility index (Phi) is 3.93. The van der Waals surface area contributed by atoms with E-state index in [0.29, 0.717) is 0 Å². The van der Waals surface area contributed by atoms with Crippen molar-refractivity contribution in [2.75, 3.05) is 24.6 Å². The molecule has 1 heterocycles. The molecule has 0 bridgehead atoms. The van der Waals surface area contributed by atoms with E-state index in [1.807, 2.05) is 0 Å². The molecule has 0 saturated carbocycles. The minimum Gasteiger partial charge on any atom is -0.372 e. The largest absolute Gasteiger partial charge is 0.372 e. The van der Waals surface area contributed by atoms with Crippen molar-refractivity contribution in [1.82, 2.24) is 0 Å². The van der Waals surface area contributed by atoms with Crippen LogP contribution in [0.3, 0.4) is 0 Å². The van der Waals surface area contributed by atoms with E-state index in [0.717, 1.165) is 26.1 Å². The maximum absolute atomic E-state index is 5.93. The molecule has 1 aliphatic rings. The van der Waals surface area contributed by atoms with E-state index in [9.17, 15) is 0 Å². The molecule has 0 amide bonds. The summed E-state index contributed by atoms with van der Waals surface area (Å²) in [6, 6.07) is 8.76. The lowest BCUT2D eigenvalue weighted by molar-refractivity contribution is -0.0277. The standard InChI is InChI=1S/C15H24N2O/c1-12(16)10-13-6-4-5-7-14(13)17-8-9-18-15(2,3)11-17/h4-7,12H,8-11,16H2,1-3H3. The van der Waals surface area contributed by atoms with Crippen LogP contribution in [-0.4, -0.2) is 31.3 Å². The second-order valence-corrected chi connectivity index (χ2v) is 5.84. The Morgan fingerprint density at radius 3 is 2.78 bits per heavy atom. The maximum atomic E-state index is 5.93. The fraction of sp³-hybridized carbons (Fsp3) is 0.600. The average molecular weight is 248 g/mol. The number of rotatable bonds is 3. The van der Waals surface area contributed by atoms with Gasteiger partial charge in [0.25, 0.3) is 0 Å². The van der Waals surface area contributed by atoms with Gasteiger partial charge in [0.1, 0.15) is 0 Å². The number of hydrogen-bond acceptors (Lipinski definition) is 3. The first-order chi connectivity index (χ1) is 8.48. The molecule has 1 saturated heterocycles. The third kappa shape index (κ3) is 3.24. The molecule has 0 spiro atoms. The number of ether oxygens (including phenoxy) is 1. The van der Waals surface area contributed by atoms with E-state index in [1.54, 1.807) is 0 Å². The molecule has 1 fully saturated rings. The number of hydrogen-bond donors (Lipinski definition) is 1. The van der Waals surface area contributed by atoms with Gasteiger partial charge < -0.3 is 15.4 Å². The van der Waals surface area contributed by atoms with Crippen LogP contribution < -0.4 is 10.6 Å². The molecule has 3 nitrogen and oxygen atoms in total. The Morgan fingerprint density at radius 2 is 2.11 bits per heavy atom. The summed E-state index contributed by atoms with van der Waals surface area (Å²) in [5.74, 6) is 0. The predicted octanol–water partition coefficient (Wildman–Crippen LogP) is 2.19. The highest BCUT2D eigenvalue weighted by Crippen LogP contribution is 2.26. The normalized spacial score (nSPS) is 20.8. The van der Waals surface area contributed by atoms with E-state index in [-0.39, 0.29) is 11.6 Å². The molecule has 2 rings (SSSR count). The van der Waals surface area contributed by atoms with E-state index >= 15 is 0 Å². The third-order valence-electron chi connectivity index (χ3n) is 3.30. The molecular weight excluding hydrogens is 224 g/mol. The van der Waals surface area contributed by atoms with Gasteiger partial charge in [0.05, 0.1) is 12.2 Å². The summed E-state index contributed by atoms with van der Waals surface area (Å²) < 4.78 is 5.77. The van der Waals surface area contributed by atoms with Crippen LogP contribution in [0, 0.1) is 0 Å². The highest BCUT2D eigenvalue weighted by Gasteiger charge is 2.28. The van der Waals surface area contributed by atoms with Crippen molar-refractivity contribution >= 4 is 5.69 Å². The van der Waals surface area contributed by atoms with Gasteiger partial charge in [-0.05, 0) is 38.8 Å². The monoisotopic (exact) mass is 248 g/mol. The lowest BCUT2D eigenvalue weighted by atomic mass is 10.0. The Bertz CT molecular complexity index is 401. The molecule has 1 atom stereocenters. The van der Waals surface area contributed by atoms with Crippen molar-refractivity contribution in [3.63, 3.8) is 0 Å². The summed E-state index contributed by atoms with van der Waals surface area (Å²) in [5, 5.41) is 0. The summed E-state index contributed by atoms with van der Waals surface area (Å²) in [4.78, 5) is 2.42. The van der Waals surface area contributed by atoms with Gasteiger partial charge >= 0.3 is 0 Å². The maximum Gasteiger partial charge on any atom is 0.0801 e. The minimum absolute atomic E-state index is 0.0697. The summed E-state index contributed by atoms with van der Waals surface area (Å²) in [6.07, 6.45) is 0.925. The van der Waals surface area contributed by atoms with E-state index in [1.165, 1.54) is 11.3 Å². The van der Waals surface area contributed by atoms with Gasteiger partial charge in [0.2, 0.25) is 0 Å². The molecule has 1 aliphatic heterocycles. The number of benzene rings is 1. The van der Waals surface area contributed by atoms with E-state index in [4.69, 9.17) is 10.5 Å². The lowest BCUT2D eigenvalue weighted by Crippen LogP contribution is -2.48. The van der Waals surface area contributed by atoms with Crippen LogP contribution in [0.1, 0.15) is 26.3 Å². The van der Waals surface area contributed by atoms with Crippen molar-refractivity contribution in [3.8, 4) is 0 Å². The van der Waals surface area contributed by atoms with Crippen LogP contribution >= 0.6 is 0 Å². The molecule has 1 aromatic rings. The van der Waals surface area contributed by atoms with Crippen molar-refractivity contribution < 1.29 is 4.74 Å². The van der Waals surface area contributed by atoms with Crippen LogP contribution in [0.25, 0.3) is 0 Å². The minimum atomic E-state index is -0.0697. The fourth-order valence-corrected chi connectivity index (χ4v) is 2.56. The molecule has 1 unspecified atom stereocenters. The van der Waals surface area contributed by atoms with Crippen molar-refractivity contribution in [2.24, 2.45) is 5.73 Å². The van der Waals surface area contributed by atoms with Crippen LogP contribution in [0.4, 0.5) is 5.69 Å². The Labute approximate surface area is 110 Å². The molecule has 1 aromatic carbocycles. The van der Waals surface area contributed by atoms with Crippen molar-refractivity contribution in [3.05, 3.63) is 29.8 Å². The highest BCUT2D eigenvalue weighted by atomic mass is 16.5. The number of nitrogens with zero attached hydrogens (tertiary/aromatic N) is 1. The van der Waals surface area contributed by atoms with Crippen LogP contribution in [-0.2, 0) is 11.2 Å². The first kappa shape index (κ1) is 13.4. The predicted molar refractivity (Wildman–Crippen MR) is 76.0 cm³/mol. The Morgan fingerprint density at radius 1 is 1.39 bits per heavy atom. The SMILES string of the molecule is CC(N)Cc1ccccc1N1CCOC(C)(C)C1. The fourth-order valence-electron chi connectivity index (χ4n) is 2.56. The number of anilines is 1. The lowest BCUT2D eigenvalue weighted by Gasteiger charge is -2.40. The van der Waals surface area contributed by atoms with E-state index < -0.39 is 0 Å². The molecule has 0 aromatic heterocycles. The van der Waals surface area contributed by atoms with Gasteiger partial charge in [0.15, 0.2) is 0 Å². The zero-order valence-electron chi connectivity index (χ0n) is 11.6. The van der Waals surface area contributed by atoms with E-state index in [2.05, 4.69) is 49.9 Å². The molecule has 18 heavy (non-hydrogen) atoms. The first-order valence-corrected chi connectivity index (χ1v) is 6.70. The average Bonchev–Trinajstić information content (AvgIpc) is 2.27. The molecule has 3 heteroatoms. The summed E-state index contributed by atoms with van der Waals surface area (Å²) in [7, 11) is 0. The number of para-hydroxylation sites is 1. The molecule has 0 radical (unpaired) electrons. The van der Waals surface area contributed by atoms with Crippen molar-refractivity contribution in [1.29, 1.82) is 0 Å². The summed E-state index contributed by atoms with van der Waals surface area (Å²) in [5.41, 5.74) is 8.51. The highest BCUT2D eigenvalue weighted by molar-refractivity contribution is 5.54. The topological polar surface area (TPSA) is 38.5 Å². The third-order valence-corrected chi connectivity index (χ3v) is 3.30. The van der Waals surface area contributed by atoms with Gasteiger partial charge in [-0.15, -0.1) is 0 Å². The Hall–Kier alpha value is -1.06. The second-order valence-electron chi connectivity index (χ2n) is 5.84.